The minimum atomic E-state index is -0.763. The van der Waals surface area contributed by atoms with Gasteiger partial charge < -0.3 is 14.2 Å². The largest absolute Gasteiger partial charge is 0.462 e. The Hall–Kier alpha value is -1.59. The predicted molar refractivity (Wildman–Crippen MR) is 326 cm³/mol. The van der Waals surface area contributed by atoms with E-state index in [0.29, 0.717) is 19.3 Å². The average Bonchev–Trinajstić information content (AvgIpc) is 3.41. The molecule has 75 heavy (non-hydrogen) atoms. The van der Waals surface area contributed by atoms with E-state index in [1.165, 1.54) is 308 Å². The Morgan fingerprint density at radius 3 is 0.533 bits per heavy atom. The number of hydrogen-bond donors (Lipinski definition) is 0. The van der Waals surface area contributed by atoms with Crippen LogP contribution in [0.3, 0.4) is 0 Å². The molecule has 0 saturated carbocycles. The van der Waals surface area contributed by atoms with E-state index in [4.69, 9.17) is 14.2 Å². The van der Waals surface area contributed by atoms with Gasteiger partial charge in [-0.15, -0.1) is 0 Å². The summed E-state index contributed by atoms with van der Waals surface area (Å²) in [5.41, 5.74) is 0. The summed E-state index contributed by atoms with van der Waals surface area (Å²) in [6, 6.07) is 0. The standard InChI is InChI=1S/C69H134O6/c1-4-7-10-13-16-19-22-25-27-29-31-33-35-37-39-41-44-47-50-53-56-59-62-68(71)74-65-66(64-73-67(70)61-58-55-52-49-46-43-24-21-18-15-12-9-6-3)75-69(72)63-60-57-54-51-48-45-42-40-38-36-34-32-30-28-26-23-20-17-14-11-8-5-2/h66H,4-65H2,1-3H3. The van der Waals surface area contributed by atoms with Gasteiger partial charge in [0.25, 0.3) is 0 Å². The topological polar surface area (TPSA) is 78.9 Å². The minimum absolute atomic E-state index is 0.0603. The van der Waals surface area contributed by atoms with E-state index in [0.717, 1.165) is 57.8 Å². The van der Waals surface area contributed by atoms with Crippen LogP contribution in [0, 0.1) is 0 Å². The van der Waals surface area contributed by atoms with Crippen molar-refractivity contribution in [2.75, 3.05) is 13.2 Å². The van der Waals surface area contributed by atoms with Crippen molar-refractivity contribution in [2.45, 2.75) is 412 Å². The van der Waals surface area contributed by atoms with Gasteiger partial charge in [-0.25, -0.2) is 0 Å². The minimum Gasteiger partial charge on any atom is -0.462 e. The third kappa shape index (κ3) is 63.1. The van der Waals surface area contributed by atoms with Crippen molar-refractivity contribution in [3.05, 3.63) is 0 Å². The molecule has 0 aliphatic rings. The average molecular weight is 1060 g/mol. The molecule has 0 aromatic carbocycles. The fraction of sp³-hybridized carbons (Fsp3) is 0.957. The number of esters is 3. The molecule has 0 rings (SSSR count). The lowest BCUT2D eigenvalue weighted by Gasteiger charge is -2.18. The van der Waals surface area contributed by atoms with Crippen molar-refractivity contribution in [3.63, 3.8) is 0 Å². The first-order valence-corrected chi connectivity index (χ1v) is 34.5. The Kier molecular flexibility index (Phi) is 63.6. The van der Waals surface area contributed by atoms with Crippen molar-refractivity contribution >= 4 is 17.9 Å². The summed E-state index contributed by atoms with van der Waals surface area (Å²) < 4.78 is 17.0. The van der Waals surface area contributed by atoms with Gasteiger partial charge in [-0.2, -0.15) is 0 Å². The molecule has 6 nitrogen and oxygen atoms in total. The summed E-state index contributed by atoms with van der Waals surface area (Å²) in [6.45, 7) is 6.74. The van der Waals surface area contributed by atoms with Crippen molar-refractivity contribution in [3.8, 4) is 0 Å². The van der Waals surface area contributed by atoms with Gasteiger partial charge in [0.15, 0.2) is 6.10 Å². The molecule has 0 amide bonds. The van der Waals surface area contributed by atoms with Gasteiger partial charge in [-0.1, -0.05) is 367 Å². The molecular formula is C69H134O6. The first-order valence-electron chi connectivity index (χ1n) is 34.5. The highest BCUT2D eigenvalue weighted by Crippen LogP contribution is 2.19. The van der Waals surface area contributed by atoms with Crippen LogP contribution in [0.2, 0.25) is 0 Å². The van der Waals surface area contributed by atoms with E-state index in [2.05, 4.69) is 20.8 Å². The number of unbranched alkanes of at least 4 members (excludes halogenated alkanes) is 54. The van der Waals surface area contributed by atoms with Crippen molar-refractivity contribution in [2.24, 2.45) is 0 Å². The van der Waals surface area contributed by atoms with Gasteiger partial charge in [0.05, 0.1) is 0 Å². The van der Waals surface area contributed by atoms with Crippen molar-refractivity contribution in [1.82, 2.24) is 0 Å². The normalized spacial score (nSPS) is 11.9. The Morgan fingerprint density at radius 2 is 0.360 bits per heavy atom. The number of carbonyl (C=O) groups excluding carboxylic acids is 3. The van der Waals surface area contributed by atoms with Crippen LogP contribution < -0.4 is 0 Å². The second kappa shape index (κ2) is 64.9. The van der Waals surface area contributed by atoms with E-state index in [-0.39, 0.29) is 31.1 Å². The van der Waals surface area contributed by atoms with Crippen LogP contribution in [-0.2, 0) is 28.6 Å². The zero-order valence-electron chi connectivity index (χ0n) is 51.4. The van der Waals surface area contributed by atoms with Crippen molar-refractivity contribution in [1.29, 1.82) is 0 Å². The molecule has 0 radical (unpaired) electrons. The monoisotopic (exact) mass is 1060 g/mol. The van der Waals surface area contributed by atoms with Gasteiger partial charge in [0.1, 0.15) is 13.2 Å². The maximum Gasteiger partial charge on any atom is 0.306 e. The Bertz CT molecular complexity index is 1120. The van der Waals surface area contributed by atoms with Gasteiger partial charge in [-0.3, -0.25) is 14.4 Å². The lowest BCUT2D eigenvalue weighted by atomic mass is 10.0. The summed E-state index contributed by atoms with van der Waals surface area (Å²) in [5, 5.41) is 0. The summed E-state index contributed by atoms with van der Waals surface area (Å²) in [6.07, 6.45) is 75.6. The molecule has 0 N–H and O–H groups in total. The van der Waals surface area contributed by atoms with Gasteiger partial charge >= 0.3 is 17.9 Å². The summed E-state index contributed by atoms with van der Waals surface area (Å²) in [7, 11) is 0. The lowest BCUT2D eigenvalue weighted by molar-refractivity contribution is -0.167. The maximum absolute atomic E-state index is 12.9. The SMILES string of the molecule is CCCCCCCCCCCCCCCCCCCCCCCCC(=O)OCC(COC(=O)CCCCCCCCCCCCCCC)OC(=O)CCCCCCCCCCCCCCCCCCCCCCCC. The van der Waals surface area contributed by atoms with E-state index < -0.39 is 6.10 Å². The Morgan fingerprint density at radius 1 is 0.213 bits per heavy atom. The second-order valence-corrected chi connectivity index (χ2v) is 23.8. The Labute approximate surface area is 469 Å². The van der Waals surface area contributed by atoms with Crippen LogP contribution in [0.15, 0.2) is 0 Å². The molecule has 0 aromatic rings. The first-order chi connectivity index (χ1) is 37.0. The molecular weight excluding hydrogens is 925 g/mol. The van der Waals surface area contributed by atoms with E-state index in [1.807, 2.05) is 0 Å². The molecule has 0 bridgehead atoms. The van der Waals surface area contributed by atoms with Gasteiger partial charge in [-0.05, 0) is 19.3 Å². The molecule has 0 aliphatic carbocycles. The van der Waals surface area contributed by atoms with E-state index in [1.54, 1.807) is 0 Å². The fourth-order valence-electron chi connectivity index (χ4n) is 10.9. The van der Waals surface area contributed by atoms with Crippen LogP contribution >= 0.6 is 0 Å². The molecule has 0 heterocycles. The highest BCUT2D eigenvalue weighted by Gasteiger charge is 2.19. The molecule has 0 aromatic heterocycles. The third-order valence-electron chi connectivity index (χ3n) is 16.1. The molecule has 446 valence electrons. The van der Waals surface area contributed by atoms with E-state index >= 15 is 0 Å². The first kappa shape index (κ1) is 73.4. The second-order valence-electron chi connectivity index (χ2n) is 23.8. The Balaban J connectivity index is 4.21. The van der Waals surface area contributed by atoms with Gasteiger partial charge in [0, 0.05) is 19.3 Å². The van der Waals surface area contributed by atoms with Crippen LogP contribution in [-0.4, -0.2) is 37.2 Å². The quantitative estimate of drug-likeness (QED) is 0.0343. The molecule has 1 unspecified atom stereocenters. The third-order valence-corrected chi connectivity index (χ3v) is 16.1. The van der Waals surface area contributed by atoms with Crippen LogP contribution in [0.25, 0.3) is 0 Å². The van der Waals surface area contributed by atoms with Crippen molar-refractivity contribution < 1.29 is 28.6 Å². The molecule has 1 atom stereocenters. The molecule has 0 saturated heterocycles. The lowest BCUT2D eigenvalue weighted by Crippen LogP contribution is -2.30. The van der Waals surface area contributed by atoms with Crippen LogP contribution in [0.5, 0.6) is 0 Å². The van der Waals surface area contributed by atoms with Crippen LogP contribution in [0.1, 0.15) is 406 Å². The van der Waals surface area contributed by atoms with Gasteiger partial charge in [0.2, 0.25) is 0 Å². The molecule has 0 spiro atoms. The molecule has 0 aliphatic heterocycles. The summed E-state index contributed by atoms with van der Waals surface area (Å²) in [5.74, 6) is -0.821. The fourth-order valence-corrected chi connectivity index (χ4v) is 10.9. The smallest absolute Gasteiger partial charge is 0.306 e. The number of hydrogen-bond acceptors (Lipinski definition) is 6. The highest BCUT2D eigenvalue weighted by molar-refractivity contribution is 5.71. The maximum atomic E-state index is 12.9. The zero-order valence-corrected chi connectivity index (χ0v) is 51.4. The molecule has 0 fully saturated rings. The van der Waals surface area contributed by atoms with Crippen LogP contribution in [0.4, 0.5) is 0 Å². The molecule has 6 heteroatoms. The van der Waals surface area contributed by atoms with E-state index in [9.17, 15) is 14.4 Å². The number of rotatable bonds is 65. The zero-order chi connectivity index (χ0) is 54.3. The summed E-state index contributed by atoms with van der Waals surface area (Å²) in [4.78, 5) is 38.4. The summed E-state index contributed by atoms with van der Waals surface area (Å²) >= 11 is 0. The number of ether oxygens (including phenoxy) is 3. The highest BCUT2D eigenvalue weighted by atomic mass is 16.6. The number of carbonyl (C=O) groups is 3. The predicted octanol–water partition coefficient (Wildman–Crippen LogP) is 23.5.